The van der Waals surface area contributed by atoms with Crippen molar-refractivity contribution in [3.05, 3.63) is 0 Å². The molecular weight excluding hydrogens is 390 g/mol. The fourth-order valence-electron chi connectivity index (χ4n) is 7.23. The van der Waals surface area contributed by atoms with Gasteiger partial charge in [0.2, 0.25) is 5.91 Å². The molecule has 6 heteroatoms. The molecule has 0 aromatic rings. The van der Waals surface area contributed by atoms with E-state index in [0.717, 1.165) is 57.8 Å². The summed E-state index contributed by atoms with van der Waals surface area (Å²) in [5.74, 6) is 1.18. The third-order valence-corrected chi connectivity index (χ3v) is 8.16. The Balaban J connectivity index is 1.33. The minimum absolute atomic E-state index is 0.0291. The van der Waals surface area contributed by atoms with E-state index < -0.39 is 0 Å². The molecule has 3 unspecified atom stereocenters. The molecule has 172 valence electrons. The number of nitrogens with zero attached hydrogens (tertiary/aromatic N) is 2. The van der Waals surface area contributed by atoms with Crippen molar-refractivity contribution in [2.24, 2.45) is 11.8 Å². The molecule has 4 saturated carbocycles. The summed E-state index contributed by atoms with van der Waals surface area (Å²) < 4.78 is 6.21. The molecule has 4 aliphatic carbocycles. The molecule has 31 heavy (non-hydrogen) atoms. The molecule has 0 aromatic heterocycles. The zero-order valence-electron chi connectivity index (χ0n) is 19.2. The third kappa shape index (κ3) is 5.08. The van der Waals surface area contributed by atoms with Gasteiger partial charge in [0.15, 0.2) is 0 Å². The van der Waals surface area contributed by atoms with Crippen LogP contribution >= 0.6 is 0 Å². The van der Waals surface area contributed by atoms with Crippen molar-refractivity contribution >= 4 is 11.9 Å². The lowest BCUT2D eigenvalue weighted by molar-refractivity contribution is -0.192. The Morgan fingerprint density at radius 3 is 2.58 bits per heavy atom. The van der Waals surface area contributed by atoms with E-state index in [9.17, 15) is 14.9 Å². The van der Waals surface area contributed by atoms with Gasteiger partial charge < -0.3 is 15.0 Å². The van der Waals surface area contributed by atoms with E-state index in [1.54, 1.807) is 4.90 Å². The summed E-state index contributed by atoms with van der Waals surface area (Å²) in [5, 5.41) is 12.9. The summed E-state index contributed by atoms with van der Waals surface area (Å²) in [7, 11) is 0. The van der Waals surface area contributed by atoms with E-state index in [1.807, 2.05) is 0 Å². The maximum atomic E-state index is 12.8. The monoisotopic (exact) mass is 429 g/mol. The first-order valence-electron chi connectivity index (χ1n) is 12.6. The van der Waals surface area contributed by atoms with E-state index in [2.05, 4.69) is 18.3 Å². The number of ether oxygens (including phenoxy) is 1. The van der Waals surface area contributed by atoms with Gasteiger partial charge in [0.25, 0.3) is 0 Å². The van der Waals surface area contributed by atoms with Crippen molar-refractivity contribution in [2.45, 2.75) is 114 Å². The molecule has 1 heterocycles. The van der Waals surface area contributed by atoms with Gasteiger partial charge in [-0.25, -0.2) is 0 Å². The SMILES string of the molecule is CCCCCCCC(=O)OC12CC3C[C@@H](CC(NCC(=O)N4CCC[C@H]4C#N)(C3)C1)C2. The van der Waals surface area contributed by atoms with Gasteiger partial charge in [-0.2, -0.15) is 5.26 Å². The van der Waals surface area contributed by atoms with E-state index in [1.165, 1.54) is 25.7 Å². The molecule has 0 spiro atoms. The highest BCUT2D eigenvalue weighted by atomic mass is 16.6. The minimum Gasteiger partial charge on any atom is -0.459 e. The van der Waals surface area contributed by atoms with Crippen molar-refractivity contribution in [3.8, 4) is 6.07 Å². The Hall–Kier alpha value is -1.61. The Labute approximate surface area is 187 Å². The van der Waals surface area contributed by atoms with Gasteiger partial charge in [-0.3, -0.25) is 9.59 Å². The Morgan fingerprint density at radius 2 is 1.87 bits per heavy atom. The molecule has 0 radical (unpaired) electrons. The molecule has 4 bridgehead atoms. The maximum absolute atomic E-state index is 12.8. The Kier molecular flexibility index (Phi) is 6.91. The van der Waals surface area contributed by atoms with E-state index in [4.69, 9.17) is 4.74 Å². The number of hydrogen-bond donors (Lipinski definition) is 1. The van der Waals surface area contributed by atoms with E-state index >= 15 is 0 Å². The zero-order chi connectivity index (χ0) is 21.9. The van der Waals surface area contributed by atoms with Gasteiger partial charge in [0.05, 0.1) is 12.6 Å². The van der Waals surface area contributed by atoms with Gasteiger partial charge in [0, 0.05) is 24.9 Å². The van der Waals surface area contributed by atoms with Crippen LogP contribution in [0.25, 0.3) is 0 Å². The highest BCUT2D eigenvalue weighted by Gasteiger charge is 2.59. The minimum atomic E-state index is -0.330. The standard InChI is InChI=1S/C25H39N3O3/c1-2-3-4-5-6-9-23(30)31-25-14-19-11-20(15-25)13-24(12-19,18-25)27-17-22(29)28-10-7-8-21(28)16-26/h19-21,27H,2-15,17-18H2,1H3/t19-,20?,21-,24?,25?/m0/s1. The molecule has 5 fully saturated rings. The number of carbonyl (C=O) groups excluding carboxylic acids is 2. The number of amides is 1. The molecule has 1 aliphatic heterocycles. The van der Waals surface area contributed by atoms with Crippen LogP contribution in [0, 0.1) is 23.2 Å². The molecule has 6 nitrogen and oxygen atoms in total. The van der Waals surface area contributed by atoms with Crippen LogP contribution in [0.1, 0.15) is 96.8 Å². The number of likely N-dealkylation sites (tertiary alicyclic amines) is 1. The van der Waals surface area contributed by atoms with Crippen molar-refractivity contribution in [1.29, 1.82) is 5.26 Å². The molecular formula is C25H39N3O3. The summed E-state index contributed by atoms with van der Waals surface area (Å²) in [5.41, 5.74) is -0.424. The molecule has 5 aliphatic rings. The first kappa shape index (κ1) is 22.6. The molecule has 1 N–H and O–H groups in total. The number of rotatable bonds is 10. The number of hydrogen-bond acceptors (Lipinski definition) is 5. The molecule has 0 aromatic carbocycles. The summed E-state index contributed by atoms with van der Waals surface area (Å²) in [4.78, 5) is 27.2. The van der Waals surface area contributed by atoms with Crippen LogP contribution in [0.15, 0.2) is 0 Å². The van der Waals surface area contributed by atoms with Gasteiger partial charge in [-0.05, 0) is 63.2 Å². The molecule has 5 atom stereocenters. The number of carbonyl (C=O) groups is 2. The van der Waals surface area contributed by atoms with Crippen LogP contribution in [0.4, 0.5) is 0 Å². The highest BCUT2D eigenvalue weighted by Crippen LogP contribution is 2.59. The maximum Gasteiger partial charge on any atom is 0.306 e. The fourth-order valence-corrected chi connectivity index (χ4v) is 7.23. The third-order valence-electron chi connectivity index (χ3n) is 8.16. The van der Waals surface area contributed by atoms with Crippen molar-refractivity contribution in [1.82, 2.24) is 10.2 Å². The topological polar surface area (TPSA) is 82.4 Å². The first-order chi connectivity index (χ1) is 15.0. The van der Waals surface area contributed by atoms with E-state index in [-0.39, 0.29) is 29.1 Å². The van der Waals surface area contributed by atoms with Gasteiger partial charge in [-0.1, -0.05) is 32.6 Å². The molecule has 1 saturated heterocycles. The fraction of sp³-hybridized carbons (Fsp3) is 0.880. The van der Waals surface area contributed by atoms with Crippen LogP contribution in [0.3, 0.4) is 0 Å². The number of nitriles is 1. The highest BCUT2D eigenvalue weighted by molar-refractivity contribution is 5.79. The second-order valence-corrected chi connectivity index (χ2v) is 10.8. The number of esters is 1. The van der Waals surface area contributed by atoms with Gasteiger partial charge in [0.1, 0.15) is 11.6 Å². The first-order valence-corrected chi connectivity index (χ1v) is 12.6. The predicted octanol–water partition coefficient (Wildman–Crippen LogP) is 4.09. The normalized spacial score (nSPS) is 35.9. The second-order valence-electron chi connectivity index (χ2n) is 10.8. The van der Waals surface area contributed by atoms with Crippen LogP contribution in [-0.4, -0.2) is 47.0 Å². The Bertz CT molecular complexity index is 701. The molecule has 5 rings (SSSR count). The largest absolute Gasteiger partial charge is 0.459 e. The lowest BCUT2D eigenvalue weighted by Crippen LogP contribution is -2.66. The van der Waals surface area contributed by atoms with E-state index in [0.29, 0.717) is 31.3 Å². The Morgan fingerprint density at radius 1 is 1.13 bits per heavy atom. The van der Waals surface area contributed by atoms with Crippen molar-refractivity contribution in [3.63, 3.8) is 0 Å². The number of nitrogens with one attached hydrogen (secondary N) is 1. The zero-order valence-corrected chi connectivity index (χ0v) is 19.2. The van der Waals surface area contributed by atoms with Crippen LogP contribution in [0.5, 0.6) is 0 Å². The summed E-state index contributed by atoms with van der Waals surface area (Å²) in [6.07, 6.45) is 14.1. The molecule has 1 amide bonds. The van der Waals surface area contributed by atoms with Gasteiger partial charge in [-0.15, -0.1) is 0 Å². The van der Waals surface area contributed by atoms with Crippen LogP contribution in [-0.2, 0) is 14.3 Å². The van der Waals surface area contributed by atoms with Crippen LogP contribution < -0.4 is 5.32 Å². The second kappa shape index (κ2) is 9.48. The van der Waals surface area contributed by atoms with Crippen LogP contribution in [0.2, 0.25) is 0 Å². The van der Waals surface area contributed by atoms with Gasteiger partial charge >= 0.3 is 5.97 Å². The smallest absolute Gasteiger partial charge is 0.306 e. The number of unbranched alkanes of at least 4 members (excludes halogenated alkanes) is 4. The van der Waals surface area contributed by atoms with Crippen molar-refractivity contribution in [2.75, 3.05) is 13.1 Å². The summed E-state index contributed by atoms with van der Waals surface area (Å²) in [6.45, 7) is 3.18. The quantitative estimate of drug-likeness (QED) is 0.418. The predicted molar refractivity (Wildman–Crippen MR) is 118 cm³/mol. The van der Waals surface area contributed by atoms with Crippen molar-refractivity contribution < 1.29 is 14.3 Å². The average Bonchev–Trinajstić information content (AvgIpc) is 3.19. The summed E-state index contributed by atoms with van der Waals surface area (Å²) in [6, 6.07) is 2.00. The lowest BCUT2D eigenvalue weighted by Gasteiger charge is -2.61. The average molecular weight is 430 g/mol. The lowest BCUT2D eigenvalue weighted by atomic mass is 9.51. The summed E-state index contributed by atoms with van der Waals surface area (Å²) >= 11 is 0.